The first-order valence-electron chi connectivity index (χ1n) is 19.6. The number of amides is 5. The van der Waals surface area contributed by atoms with Crippen LogP contribution in [0.4, 0.5) is 9.59 Å². The van der Waals surface area contributed by atoms with E-state index in [9.17, 15) is 28.8 Å². The normalized spacial score (nSPS) is 17.7. The highest BCUT2D eigenvalue weighted by Gasteiger charge is 2.39. The van der Waals surface area contributed by atoms with Gasteiger partial charge in [0, 0.05) is 25.2 Å². The van der Waals surface area contributed by atoms with Crippen molar-refractivity contribution in [3.63, 3.8) is 0 Å². The van der Waals surface area contributed by atoms with Gasteiger partial charge in [0.05, 0.1) is 43.1 Å². The zero-order valence-corrected chi connectivity index (χ0v) is 33.6. The number of benzene rings is 2. The molecule has 4 aromatic rings. The van der Waals surface area contributed by atoms with Crippen molar-refractivity contribution >= 4 is 40.9 Å². The summed E-state index contributed by atoms with van der Waals surface area (Å²) in [6, 6.07) is 10.0. The SMILES string of the molecule is COC(=O)N[C@H](C(=O)N1CCC[C@H]1C(=O)NCc1ccc(-c2coc3cc(-c4cnc([C@@H]5CCCN5C(=O)[C@@H](NC(=O)OC)C(C)C)[nH]4)ccc3c2=O)cc1)C(C)C. The number of ether oxygens (including phenoxy) is 2. The molecule has 2 aliphatic rings. The Morgan fingerprint density at radius 1 is 0.845 bits per heavy atom. The van der Waals surface area contributed by atoms with Gasteiger partial charge in [-0.25, -0.2) is 14.6 Å². The molecule has 4 N–H and O–H groups in total. The summed E-state index contributed by atoms with van der Waals surface area (Å²) >= 11 is 0. The van der Waals surface area contributed by atoms with Crippen LogP contribution in [0.15, 0.2) is 64.1 Å². The van der Waals surface area contributed by atoms with E-state index in [1.165, 1.54) is 25.4 Å². The molecule has 16 heteroatoms. The number of methoxy groups -OCH3 is 2. The average Bonchev–Trinajstić information content (AvgIpc) is 4.02. The third kappa shape index (κ3) is 8.85. The van der Waals surface area contributed by atoms with Crippen molar-refractivity contribution in [3.05, 3.63) is 76.5 Å². The van der Waals surface area contributed by atoms with Gasteiger partial charge in [-0.1, -0.05) is 58.0 Å². The Morgan fingerprint density at radius 2 is 1.45 bits per heavy atom. The molecule has 0 spiro atoms. The summed E-state index contributed by atoms with van der Waals surface area (Å²) in [6.45, 7) is 8.54. The van der Waals surface area contributed by atoms with E-state index in [4.69, 9.17) is 9.15 Å². The van der Waals surface area contributed by atoms with E-state index in [2.05, 4.69) is 30.7 Å². The van der Waals surface area contributed by atoms with E-state index in [-0.39, 0.29) is 47.6 Å². The lowest BCUT2D eigenvalue weighted by molar-refractivity contribution is -0.140. The van der Waals surface area contributed by atoms with Gasteiger partial charge in [-0.2, -0.15) is 0 Å². The molecule has 58 heavy (non-hydrogen) atoms. The largest absolute Gasteiger partial charge is 0.463 e. The monoisotopic (exact) mass is 797 g/mol. The van der Waals surface area contributed by atoms with Crippen LogP contribution in [0.1, 0.15) is 70.8 Å². The molecule has 2 aliphatic heterocycles. The first kappa shape index (κ1) is 41.4. The number of aromatic nitrogens is 2. The van der Waals surface area contributed by atoms with Gasteiger partial charge in [-0.15, -0.1) is 0 Å². The Balaban J connectivity index is 1.10. The molecule has 2 fully saturated rings. The van der Waals surface area contributed by atoms with Crippen molar-refractivity contribution in [1.82, 2.24) is 35.7 Å². The van der Waals surface area contributed by atoms with Gasteiger partial charge in [0.2, 0.25) is 17.7 Å². The van der Waals surface area contributed by atoms with Crippen molar-refractivity contribution < 1.29 is 37.9 Å². The van der Waals surface area contributed by atoms with Gasteiger partial charge in [-0.3, -0.25) is 19.2 Å². The summed E-state index contributed by atoms with van der Waals surface area (Å²) in [5.74, 6) is -0.522. The summed E-state index contributed by atoms with van der Waals surface area (Å²) in [6.07, 6.45) is 4.45. The number of nitrogens with zero attached hydrogens (tertiary/aromatic N) is 3. The van der Waals surface area contributed by atoms with Crippen LogP contribution in [0.25, 0.3) is 33.4 Å². The Morgan fingerprint density at radius 3 is 2.09 bits per heavy atom. The van der Waals surface area contributed by atoms with Crippen molar-refractivity contribution in [2.24, 2.45) is 11.8 Å². The second-order valence-electron chi connectivity index (χ2n) is 15.4. The Labute approximate surface area is 336 Å². The van der Waals surface area contributed by atoms with Crippen LogP contribution >= 0.6 is 0 Å². The number of fused-ring (bicyclic) bond motifs is 1. The molecule has 0 radical (unpaired) electrons. The zero-order chi connectivity index (χ0) is 41.7. The number of aromatic amines is 1. The maximum Gasteiger partial charge on any atom is 0.407 e. The van der Waals surface area contributed by atoms with Gasteiger partial charge in [0.1, 0.15) is 35.8 Å². The number of carbonyl (C=O) groups is 5. The third-order valence-electron chi connectivity index (χ3n) is 10.9. The van der Waals surface area contributed by atoms with E-state index in [0.717, 1.165) is 17.5 Å². The smallest absolute Gasteiger partial charge is 0.407 e. The fourth-order valence-corrected chi connectivity index (χ4v) is 7.63. The van der Waals surface area contributed by atoms with Gasteiger partial charge in [0.25, 0.3) is 0 Å². The van der Waals surface area contributed by atoms with Crippen LogP contribution in [-0.2, 0) is 30.4 Å². The van der Waals surface area contributed by atoms with E-state index in [1.54, 1.807) is 35.4 Å². The number of alkyl carbamates (subject to hydrolysis) is 2. The molecule has 2 aromatic heterocycles. The second-order valence-corrected chi connectivity index (χ2v) is 15.4. The Hall–Kier alpha value is -6.19. The van der Waals surface area contributed by atoms with Crippen molar-refractivity contribution in [2.75, 3.05) is 27.3 Å². The molecule has 0 bridgehead atoms. The van der Waals surface area contributed by atoms with Crippen LogP contribution in [0.5, 0.6) is 0 Å². The molecule has 5 amide bonds. The third-order valence-corrected chi connectivity index (χ3v) is 10.9. The quantitative estimate of drug-likeness (QED) is 0.153. The fraction of sp³-hybridized carbons (Fsp3) is 0.452. The Bertz CT molecular complexity index is 2210. The molecule has 2 aromatic carbocycles. The molecule has 0 unspecified atom stereocenters. The molecule has 16 nitrogen and oxygen atoms in total. The highest BCUT2D eigenvalue weighted by Crippen LogP contribution is 2.33. The van der Waals surface area contributed by atoms with Crippen molar-refractivity contribution in [3.8, 4) is 22.4 Å². The van der Waals surface area contributed by atoms with Crippen LogP contribution in [-0.4, -0.2) is 95.1 Å². The summed E-state index contributed by atoms with van der Waals surface area (Å²) in [5.41, 5.74) is 3.47. The molecule has 0 aliphatic carbocycles. The standard InChI is InChI=1S/C42H51N7O9/c1-23(2)34(46-41(54)56-5)39(52)48-17-7-9-31(48)37-43-21-30(45-37)27-15-16-28-33(19-27)58-22-29(36(28)50)26-13-11-25(12-14-26)20-44-38(51)32-10-8-18-49(32)40(53)35(24(3)4)47-42(55)57-6/h11-16,19,21-24,31-32,34-35H,7-10,17-18,20H2,1-6H3,(H,43,45)(H,44,51)(H,46,54)(H,47,55)/t31-,32-,34-,35-/m0/s1. The van der Waals surface area contributed by atoms with E-state index in [1.807, 2.05) is 45.9 Å². The molecule has 0 saturated carbocycles. The molecule has 308 valence electrons. The van der Waals surface area contributed by atoms with Gasteiger partial charge < -0.3 is 44.6 Å². The maximum atomic E-state index is 13.7. The van der Waals surface area contributed by atoms with E-state index >= 15 is 0 Å². The number of H-pyrrole nitrogens is 1. The number of likely N-dealkylation sites (tertiary alicyclic amines) is 2. The topological polar surface area (TPSA) is 205 Å². The summed E-state index contributed by atoms with van der Waals surface area (Å²) < 4.78 is 15.4. The zero-order valence-electron chi connectivity index (χ0n) is 33.6. The van der Waals surface area contributed by atoms with E-state index < -0.39 is 30.3 Å². The second kappa shape index (κ2) is 17.9. The lowest BCUT2D eigenvalue weighted by Crippen LogP contribution is -2.55. The molecule has 2 saturated heterocycles. The Kier molecular flexibility index (Phi) is 12.8. The van der Waals surface area contributed by atoms with Crippen LogP contribution in [0, 0.1) is 11.8 Å². The molecule has 4 atom stereocenters. The first-order chi connectivity index (χ1) is 27.8. The molecule has 4 heterocycles. The minimum Gasteiger partial charge on any atom is -0.463 e. The number of carbonyl (C=O) groups excluding carboxylic acids is 5. The van der Waals surface area contributed by atoms with Gasteiger partial charge >= 0.3 is 12.2 Å². The molecular formula is C42H51N7O9. The highest BCUT2D eigenvalue weighted by molar-refractivity contribution is 5.92. The van der Waals surface area contributed by atoms with Crippen LogP contribution in [0.3, 0.4) is 0 Å². The molecular weight excluding hydrogens is 747 g/mol. The number of nitrogens with one attached hydrogen (secondary N) is 4. The van der Waals surface area contributed by atoms with Crippen molar-refractivity contribution in [2.45, 2.75) is 84.1 Å². The summed E-state index contributed by atoms with van der Waals surface area (Å²) in [7, 11) is 2.50. The van der Waals surface area contributed by atoms with Gasteiger partial charge in [-0.05, 0) is 60.8 Å². The lowest BCUT2D eigenvalue weighted by atomic mass is 10.0. The maximum absolute atomic E-state index is 13.7. The van der Waals surface area contributed by atoms with Gasteiger partial charge in [0.15, 0.2) is 5.43 Å². The predicted octanol–water partition coefficient (Wildman–Crippen LogP) is 4.88. The number of rotatable bonds is 12. The van der Waals surface area contributed by atoms with Crippen molar-refractivity contribution in [1.29, 1.82) is 0 Å². The lowest BCUT2D eigenvalue weighted by Gasteiger charge is -2.30. The predicted molar refractivity (Wildman–Crippen MR) is 214 cm³/mol. The minimum absolute atomic E-state index is 0.148. The molecule has 6 rings (SSSR count). The highest BCUT2D eigenvalue weighted by atomic mass is 16.5. The summed E-state index contributed by atoms with van der Waals surface area (Å²) in [4.78, 5) is 88.9. The van der Waals surface area contributed by atoms with Crippen LogP contribution in [0.2, 0.25) is 0 Å². The summed E-state index contributed by atoms with van der Waals surface area (Å²) in [5, 5.41) is 8.58. The average molecular weight is 798 g/mol. The van der Waals surface area contributed by atoms with Crippen LogP contribution < -0.4 is 21.4 Å². The van der Waals surface area contributed by atoms with E-state index in [0.29, 0.717) is 66.0 Å². The fourth-order valence-electron chi connectivity index (χ4n) is 7.63. The number of hydrogen-bond donors (Lipinski definition) is 4. The number of hydrogen-bond acceptors (Lipinski definition) is 10. The first-order valence-corrected chi connectivity index (χ1v) is 19.6. The number of imidazole rings is 1. The minimum atomic E-state index is -0.815.